The zero-order valence-electron chi connectivity index (χ0n) is 11.3. The van der Waals surface area contributed by atoms with Gasteiger partial charge in [-0.1, -0.05) is 30.3 Å². The monoisotopic (exact) mass is 267 g/mol. The second-order valence-corrected chi connectivity index (χ2v) is 4.86. The second kappa shape index (κ2) is 5.35. The van der Waals surface area contributed by atoms with E-state index in [-0.39, 0.29) is 6.04 Å². The van der Waals surface area contributed by atoms with Crippen LogP contribution in [-0.4, -0.2) is 9.97 Å². The van der Waals surface area contributed by atoms with Crippen molar-refractivity contribution in [1.29, 1.82) is 0 Å². The highest BCUT2D eigenvalue weighted by Crippen LogP contribution is 2.23. The van der Waals surface area contributed by atoms with Crippen molar-refractivity contribution < 1.29 is 4.42 Å². The number of aromatic nitrogens is 2. The molecule has 1 atom stereocenters. The molecule has 0 amide bonds. The van der Waals surface area contributed by atoms with Crippen LogP contribution in [0.15, 0.2) is 53.1 Å². The first-order valence-corrected chi connectivity index (χ1v) is 6.64. The highest BCUT2D eigenvalue weighted by atomic mass is 16.3. The van der Waals surface area contributed by atoms with E-state index in [0.29, 0.717) is 6.42 Å². The average Bonchev–Trinajstić information content (AvgIpc) is 3.09. The topological polar surface area (TPSA) is 67.8 Å². The van der Waals surface area contributed by atoms with E-state index in [2.05, 4.69) is 9.97 Å². The van der Waals surface area contributed by atoms with Gasteiger partial charge in [0.25, 0.3) is 0 Å². The molecule has 0 spiro atoms. The number of H-pyrrole nitrogens is 1. The van der Waals surface area contributed by atoms with Gasteiger partial charge in [0.05, 0.1) is 6.26 Å². The number of hydrogen-bond donors (Lipinski definition) is 2. The SMILES string of the molecule is Cc1[nH]c(CC(N)c2ccccc2)nc1-c1ccco1. The number of aryl methyl sites for hydroxylation is 1. The molecule has 0 aliphatic heterocycles. The van der Waals surface area contributed by atoms with Gasteiger partial charge in [0, 0.05) is 18.2 Å². The molecule has 2 aromatic heterocycles. The number of benzene rings is 1. The summed E-state index contributed by atoms with van der Waals surface area (Å²) in [6.07, 6.45) is 2.32. The van der Waals surface area contributed by atoms with Crippen molar-refractivity contribution in [1.82, 2.24) is 9.97 Å². The van der Waals surface area contributed by atoms with Crippen LogP contribution in [0.1, 0.15) is 23.1 Å². The predicted octanol–water partition coefficient (Wildman–Crippen LogP) is 3.22. The van der Waals surface area contributed by atoms with Crippen molar-refractivity contribution in [2.45, 2.75) is 19.4 Å². The lowest BCUT2D eigenvalue weighted by atomic mass is 10.0. The van der Waals surface area contributed by atoms with E-state index in [9.17, 15) is 0 Å². The van der Waals surface area contributed by atoms with Gasteiger partial charge in [-0.3, -0.25) is 0 Å². The van der Waals surface area contributed by atoms with Crippen LogP contribution in [0.25, 0.3) is 11.5 Å². The van der Waals surface area contributed by atoms with E-state index in [1.807, 2.05) is 49.4 Å². The fraction of sp³-hybridized carbons (Fsp3) is 0.188. The molecule has 3 aromatic rings. The van der Waals surface area contributed by atoms with Gasteiger partial charge < -0.3 is 15.1 Å². The van der Waals surface area contributed by atoms with Gasteiger partial charge in [0.2, 0.25) is 0 Å². The van der Waals surface area contributed by atoms with E-state index >= 15 is 0 Å². The molecule has 0 radical (unpaired) electrons. The number of nitrogens with one attached hydrogen (secondary N) is 1. The maximum absolute atomic E-state index is 6.22. The predicted molar refractivity (Wildman–Crippen MR) is 78.1 cm³/mol. The summed E-state index contributed by atoms with van der Waals surface area (Å²) >= 11 is 0. The highest BCUT2D eigenvalue weighted by molar-refractivity contribution is 5.55. The maximum Gasteiger partial charge on any atom is 0.154 e. The van der Waals surface area contributed by atoms with Crippen molar-refractivity contribution in [2.75, 3.05) is 0 Å². The van der Waals surface area contributed by atoms with E-state index < -0.39 is 0 Å². The number of imidazole rings is 1. The Labute approximate surface area is 117 Å². The first kappa shape index (κ1) is 12.7. The number of nitrogens with two attached hydrogens (primary N) is 1. The summed E-state index contributed by atoms with van der Waals surface area (Å²) in [5.74, 6) is 1.66. The summed E-state index contributed by atoms with van der Waals surface area (Å²) in [6.45, 7) is 1.99. The van der Waals surface area contributed by atoms with Crippen LogP contribution in [0, 0.1) is 6.92 Å². The van der Waals surface area contributed by atoms with Gasteiger partial charge in [-0.25, -0.2) is 4.98 Å². The Morgan fingerprint density at radius 1 is 1.20 bits per heavy atom. The lowest BCUT2D eigenvalue weighted by Gasteiger charge is -2.09. The molecular formula is C16H17N3O. The molecule has 0 saturated heterocycles. The smallest absolute Gasteiger partial charge is 0.154 e. The highest BCUT2D eigenvalue weighted by Gasteiger charge is 2.14. The van der Waals surface area contributed by atoms with Gasteiger partial charge in [-0.05, 0) is 24.6 Å². The Morgan fingerprint density at radius 3 is 2.70 bits per heavy atom. The summed E-state index contributed by atoms with van der Waals surface area (Å²) in [7, 11) is 0. The molecule has 2 heterocycles. The van der Waals surface area contributed by atoms with Crippen molar-refractivity contribution in [3.63, 3.8) is 0 Å². The Balaban J connectivity index is 1.81. The van der Waals surface area contributed by atoms with E-state index in [1.165, 1.54) is 0 Å². The number of nitrogens with zero attached hydrogens (tertiary/aromatic N) is 1. The lowest BCUT2D eigenvalue weighted by Crippen LogP contribution is -2.14. The number of rotatable bonds is 4. The van der Waals surface area contributed by atoms with Crippen LogP contribution in [0.3, 0.4) is 0 Å². The van der Waals surface area contributed by atoms with E-state index in [0.717, 1.165) is 28.5 Å². The minimum atomic E-state index is -0.0637. The Morgan fingerprint density at radius 2 is 2.00 bits per heavy atom. The Bertz CT molecular complexity index is 671. The third kappa shape index (κ3) is 2.51. The number of hydrogen-bond acceptors (Lipinski definition) is 3. The first-order valence-electron chi connectivity index (χ1n) is 6.64. The molecule has 3 rings (SSSR count). The molecule has 0 saturated carbocycles. The molecule has 0 aliphatic rings. The van der Waals surface area contributed by atoms with Gasteiger partial charge in [0.15, 0.2) is 5.76 Å². The molecule has 1 aromatic carbocycles. The Hall–Kier alpha value is -2.33. The number of furan rings is 1. The minimum absolute atomic E-state index is 0.0637. The summed E-state index contributed by atoms with van der Waals surface area (Å²) in [5, 5.41) is 0. The molecule has 0 fully saturated rings. The fourth-order valence-electron chi connectivity index (χ4n) is 2.30. The van der Waals surface area contributed by atoms with Crippen LogP contribution in [0.4, 0.5) is 0 Å². The van der Waals surface area contributed by atoms with Crippen molar-refractivity contribution in [2.24, 2.45) is 5.73 Å². The van der Waals surface area contributed by atoms with Gasteiger partial charge >= 0.3 is 0 Å². The standard InChI is InChI=1S/C16H17N3O/c1-11-16(14-8-5-9-20-14)19-15(18-11)10-13(17)12-6-3-2-4-7-12/h2-9,13H,10,17H2,1H3,(H,18,19). The molecule has 4 nitrogen and oxygen atoms in total. The van der Waals surface area contributed by atoms with Crippen LogP contribution in [-0.2, 0) is 6.42 Å². The zero-order valence-corrected chi connectivity index (χ0v) is 11.3. The molecule has 0 bridgehead atoms. The van der Waals surface area contributed by atoms with Crippen LogP contribution in [0.2, 0.25) is 0 Å². The van der Waals surface area contributed by atoms with Crippen molar-refractivity contribution in [3.05, 3.63) is 65.8 Å². The molecule has 102 valence electrons. The summed E-state index contributed by atoms with van der Waals surface area (Å²) < 4.78 is 5.39. The Kier molecular flexibility index (Phi) is 3.39. The van der Waals surface area contributed by atoms with Gasteiger partial charge in [0.1, 0.15) is 11.5 Å². The minimum Gasteiger partial charge on any atom is -0.463 e. The molecule has 0 aliphatic carbocycles. The molecule has 20 heavy (non-hydrogen) atoms. The second-order valence-electron chi connectivity index (χ2n) is 4.86. The summed E-state index contributed by atoms with van der Waals surface area (Å²) in [6, 6.07) is 13.8. The molecule has 3 N–H and O–H groups in total. The van der Waals surface area contributed by atoms with Crippen LogP contribution >= 0.6 is 0 Å². The van der Waals surface area contributed by atoms with Crippen LogP contribution < -0.4 is 5.73 Å². The molecular weight excluding hydrogens is 250 g/mol. The third-order valence-corrected chi connectivity index (χ3v) is 3.33. The average molecular weight is 267 g/mol. The fourth-order valence-corrected chi connectivity index (χ4v) is 2.30. The van der Waals surface area contributed by atoms with E-state index in [1.54, 1.807) is 6.26 Å². The molecule has 1 unspecified atom stereocenters. The van der Waals surface area contributed by atoms with Gasteiger partial charge in [-0.2, -0.15) is 0 Å². The quantitative estimate of drug-likeness (QED) is 0.762. The zero-order chi connectivity index (χ0) is 13.9. The largest absolute Gasteiger partial charge is 0.463 e. The lowest BCUT2D eigenvalue weighted by molar-refractivity contribution is 0.579. The van der Waals surface area contributed by atoms with Crippen LogP contribution in [0.5, 0.6) is 0 Å². The summed E-state index contributed by atoms with van der Waals surface area (Å²) in [5.41, 5.74) is 9.18. The maximum atomic E-state index is 6.22. The van der Waals surface area contributed by atoms with Crippen molar-refractivity contribution in [3.8, 4) is 11.5 Å². The van der Waals surface area contributed by atoms with E-state index in [4.69, 9.17) is 10.2 Å². The summed E-state index contributed by atoms with van der Waals surface area (Å²) in [4.78, 5) is 7.87. The van der Waals surface area contributed by atoms with Gasteiger partial charge in [-0.15, -0.1) is 0 Å². The molecule has 4 heteroatoms. The number of aromatic amines is 1. The first-order chi connectivity index (χ1) is 9.74. The third-order valence-electron chi connectivity index (χ3n) is 3.33. The van der Waals surface area contributed by atoms with Crippen molar-refractivity contribution >= 4 is 0 Å². The normalized spacial score (nSPS) is 12.5.